The van der Waals surface area contributed by atoms with Gasteiger partial charge in [-0.25, -0.2) is 0 Å². The monoisotopic (exact) mass is 372 g/mol. The van der Waals surface area contributed by atoms with Gasteiger partial charge in [-0.2, -0.15) is 0 Å². The first-order valence-electron chi connectivity index (χ1n) is 7.96. The van der Waals surface area contributed by atoms with E-state index in [0.717, 1.165) is 5.56 Å². The predicted octanol–water partition coefficient (Wildman–Crippen LogP) is 4.00. The molecule has 0 bridgehead atoms. The van der Waals surface area contributed by atoms with Gasteiger partial charge in [0, 0.05) is 31.0 Å². The van der Waals surface area contributed by atoms with Crippen LogP contribution in [-0.2, 0) is 17.9 Å². The summed E-state index contributed by atoms with van der Waals surface area (Å²) in [5.41, 5.74) is 1.66. The molecule has 1 unspecified atom stereocenters. The summed E-state index contributed by atoms with van der Waals surface area (Å²) >= 11 is 6.11. The maximum absolute atomic E-state index is 10.8. The molecule has 3 rings (SSSR count). The fraction of sp³-hybridized carbons (Fsp3) is 0.158. The maximum Gasteiger partial charge on any atom is 0.270 e. The standard InChI is InChI=1S/C19H17ClN2O4/c20-18-10-16(22(24)25)7-6-15(18)12-21-9-8-17(11-19(21)23)26-13-14-4-2-1-3-5-14/h1-11,19,23H,12-13H2. The summed E-state index contributed by atoms with van der Waals surface area (Å²) in [5, 5.41) is 21.4. The van der Waals surface area contributed by atoms with E-state index >= 15 is 0 Å². The van der Waals surface area contributed by atoms with Gasteiger partial charge in [0.1, 0.15) is 18.6 Å². The van der Waals surface area contributed by atoms with E-state index in [-0.39, 0.29) is 10.7 Å². The second kappa shape index (κ2) is 8.03. The van der Waals surface area contributed by atoms with Gasteiger partial charge in [-0.3, -0.25) is 10.1 Å². The summed E-state index contributed by atoms with van der Waals surface area (Å²) in [6.45, 7) is 0.731. The highest BCUT2D eigenvalue weighted by Crippen LogP contribution is 2.25. The van der Waals surface area contributed by atoms with Crippen molar-refractivity contribution in [1.29, 1.82) is 0 Å². The SMILES string of the molecule is O=[N+]([O-])c1ccc(CN2C=CC(OCc3ccccc3)=CC2O)c(Cl)c1. The number of ether oxygens (including phenoxy) is 1. The van der Waals surface area contributed by atoms with Gasteiger partial charge in [0.25, 0.3) is 5.69 Å². The van der Waals surface area contributed by atoms with Gasteiger partial charge in [0.05, 0.1) is 9.95 Å². The quantitative estimate of drug-likeness (QED) is 0.612. The minimum atomic E-state index is -0.878. The van der Waals surface area contributed by atoms with Gasteiger partial charge in [-0.15, -0.1) is 0 Å². The number of aliphatic hydroxyl groups excluding tert-OH is 1. The van der Waals surface area contributed by atoms with E-state index in [1.807, 2.05) is 30.3 Å². The Kier molecular flexibility index (Phi) is 5.55. The highest BCUT2D eigenvalue weighted by molar-refractivity contribution is 6.31. The number of non-ortho nitro benzene ring substituents is 1. The smallest absolute Gasteiger partial charge is 0.270 e. The Balaban J connectivity index is 1.61. The van der Waals surface area contributed by atoms with Crippen LogP contribution in [0.2, 0.25) is 5.02 Å². The third kappa shape index (κ3) is 4.41. The molecule has 6 nitrogen and oxygen atoms in total. The summed E-state index contributed by atoms with van der Waals surface area (Å²) in [5.74, 6) is 0.576. The maximum atomic E-state index is 10.8. The largest absolute Gasteiger partial charge is 0.489 e. The van der Waals surface area contributed by atoms with Crippen LogP contribution in [0.25, 0.3) is 0 Å². The minimum absolute atomic E-state index is 0.0648. The van der Waals surface area contributed by atoms with Gasteiger partial charge in [0.15, 0.2) is 0 Å². The van der Waals surface area contributed by atoms with Crippen LogP contribution in [0.3, 0.4) is 0 Å². The molecule has 1 aliphatic heterocycles. The molecule has 0 saturated heterocycles. The molecule has 1 heterocycles. The van der Waals surface area contributed by atoms with Gasteiger partial charge < -0.3 is 14.7 Å². The van der Waals surface area contributed by atoms with Crippen molar-refractivity contribution >= 4 is 17.3 Å². The van der Waals surface area contributed by atoms with Crippen molar-refractivity contribution in [1.82, 2.24) is 4.90 Å². The Labute approximate surface area is 155 Å². The van der Waals surface area contributed by atoms with Crippen LogP contribution in [0.15, 0.2) is 72.6 Å². The van der Waals surface area contributed by atoms with Crippen molar-refractivity contribution in [3.63, 3.8) is 0 Å². The lowest BCUT2D eigenvalue weighted by Crippen LogP contribution is -2.30. The predicted molar refractivity (Wildman–Crippen MR) is 98.1 cm³/mol. The van der Waals surface area contributed by atoms with Crippen molar-refractivity contribution < 1.29 is 14.8 Å². The zero-order valence-electron chi connectivity index (χ0n) is 13.8. The number of nitro benzene ring substituents is 1. The third-order valence-corrected chi connectivity index (χ3v) is 4.28. The molecule has 2 aromatic carbocycles. The molecule has 0 aromatic heterocycles. The molecule has 0 spiro atoms. The number of rotatable bonds is 6. The van der Waals surface area contributed by atoms with Crippen molar-refractivity contribution in [2.45, 2.75) is 19.4 Å². The van der Waals surface area contributed by atoms with Crippen molar-refractivity contribution in [3.8, 4) is 0 Å². The van der Waals surface area contributed by atoms with Crippen LogP contribution in [0.1, 0.15) is 11.1 Å². The summed E-state index contributed by atoms with van der Waals surface area (Å²) in [6, 6.07) is 14.0. The molecule has 1 aliphatic rings. The fourth-order valence-electron chi connectivity index (χ4n) is 2.51. The van der Waals surface area contributed by atoms with Crippen LogP contribution in [-0.4, -0.2) is 21.2 Å². The lowest BCUT2D eigenvalue weighted by Gasteiger charge is -2.28. The molecule has 2 aromatic rings. The minimum Gasteiger partial charge on any atom is -0.489 e. The normalized spacial score (nSPS) is 16.3. The average Bonchev–Trinajstić information content (AvgIpc) is 2.64. The van der Waals surface area contributed by atoms with E-state index < -0.39 is 11.2 Å². The number of nitrogens with zero attached hydrogens (tertiary/aromatic N) is 2. The molecule has 0 aliphatic carbocycles. The average molecular weight is 373 g/mol. The van der Waals surface area contributed by atoms with Crippen LogP contribution >= 0.6 is 11.6 Å². The molecular formula is C19H17ClN2O4. The molecule has 1 N–H and O–H groups in total. The lowest BCUT2D eigenvalue weighted by atomic mass is 10.1. The second-order valence-electron chi connectivity index (χ2n) is 5.78. The Morgan fingerprint density at radius 3 is 2.65 bits per heavy atom. The molecule has 7 heteroatoms. The Bertz CT molecular complexity index is 852. The highest BCUT2D eigenvalue weighted by Gasteiger charge is 2.18. The molecule has 0 saturated carbocycles. The first kappa shape index (κ1) is 18.0. The van der Waals surface area contributed by atoms with Gasteiger partial charge in [-0.1, -0.05) is 41.9 Å². The number of nitro groups is 1. The molecule has 0 radical (unpaired) electrons. The number of benzene rings is 2. The number of hydrogen-bond acceptors (Lipinski definition) is 5. The Morgan fingerprint density at radius 2 is 2.00 bits per heavy atom. The van der Waals surface area contributed by atoms with Crippen molar-refractivity contribution in [2.75, 3.05) is 0 Å². The van der Waals surface area contributed by atoms with Gasteiger partial charge in [-0.05, 0) is 23.3 Å². The van der Waals surface area contributed by atoms with Crippen LogP contribution in [0.5, 0.6) is 0 Å². The van der Waals surface area contributed by atoms with Crippen LogP contribution in [0, 0.1) is 10.1 Å². The van der Waals surface area contributed by atoms with E-state index in [1.165, 1.54) is 12.1 Å². The number of hydrogen-bond donors (Lipinski definition) is 1. The molecule has 134 valence electrons. The summed E-state index contributed by atoms with van der Waals surface area (Å²) in [6.07, 6.45) is 4.19. The second-order valence-corrected chi connectivity index (χ2v) is 6.19. The molecular weight excluding hydrogens is 356 g/mol. The van der Waals surface area contributed by atoms with Gasteiger partial charge >= 0.3 is 0 Å². The third-order valence-electron chi connectivity index (χ3n) is 3.93. The molecule has 1 atom stereocenters. The topological polar surface area (TPSA) is 75.8 Å². The van der Waals surface area contributed by atoms with Gasteiger partial charge in [0.2, 0.25) is 0 Å². The van der Waals surface area contributed by atoms with Crippen LogP contribution < -0.4 is 0 Å². The van der Waals surface area contributed by atoms with E-state index in [1.54, 1.807) is 29.3 Å². The van der Waals surface area contributed by atoms with E-state index in [4.69, 9.17) is 16.3 Å². The zero-order valence-corrected chi connectivity index (χ0v) is 14.5. The zero-order chi connectivity index (χ0) is 18.5. The lowest BCUT2D eigenvalue weighted by molar-refractivity contribution is -0.384. The summed E-state index contributed by atoms with van der Waals surface area (Å²) < 4.78 is 5.69. The number of halogens is 1. The van der Waals surface area contributed by atoms with Crippen molar-refractivity contribution in [2.24, 2.45) is 0 Å². The summed E-state index contributed by atoms with van der Waals surface area (Å²) in [4.78, 5) is 11.9. The van der Waals surface area contributed by atoms with Crippen LogP contribution in [0.4, 0.5) is 5.69 Å². The Morgan fingerprint density at radius 1 is 1.23 bits per heavy atom. The van der Waals surface area contributed by atoms with E-state index in [2.05, 4.69) is 0 Å². The summed E-state index contributed by atoms with van der Waals surface area (Å²) in [7, 11) is 0. The van der Waals surface area contributed by atoms with E-state index in [9.17, 15) is 15.2 Å². The first-order valence-corrected chi connectivity index (χ1v) is 8.34. The molecule has 26 heavy (non-hydrogen) atoms. The molecule has 0 fully saturated rings. The first-order chi connectivity index (χ1) is 12.5. The number of allylic oxidation sites excluding steroid dienone is 1. The van der Waals surface area contributed by atoms with E-state index in [0.29, 0.717) is 24.5 Å². The Hall–Kier alpha value is -2.83. The number of aliphatic hydroxyl groups is 1. The van der Waals surface area contributed by atoms with Crippen molar-refractivity contribution in [3.05, 3.63) is 98.9 Å². The highest BCUT2D eigenvalue weighted by atomic mass is 35.5. The fourth-order valence-corrected chi connectivity index (χ4v) is 2.75. The molecule has 0 amide bonds.